The summed E-state index contributed by atoms with van der Waals surface area (Å²) in [5, 5.41) is 67.9. The number of aliphatic hydroxyl groups excluding tert-OH is 3. The molecule has 86 heavy (non-hydrogen) atoms. The normalized spacial score (nSPS) is 21.7. The van der Waals surface area contributed by atoms with Gasteiger partial charge in [-0.1, -0.05) is 107 Å². The fourth-order valence-electron chi connectivity index (χ4n) is 13.4. The van der Waals surface area contributed by atoms with Crippen LogP contribution in [0.3, 0.4) is 0 Å². The fraction of sp³-hybridized carbons (Fsp3) is 0.472. The van der Waals surface area contributed by atoms with Crippen molar-refractivity contribution in [1.29, 1.82) is 0 Å². The summed E-state index contributed by atoms with van der Waals surface area (Å²) < 4.78 is 25.1. The molecule has 14 nitrogen and oxygen atoms in total. The van der Waals surface area contributed by atoms with Crippen LogP contribution in [0.5, 0.6) is 17.2 Å². The SMILES string of the molecule is CCCCCc1c(CCCC[C@H]2C=C3C(O)=C[C@H]2C[C@H]2CC(=O)CCc4ccc(OC)c(c4)OCc4c(C(O)O)cc5c(c(O)cc6c5c4C=C[C@H]6C)[C@@H](C#CO2)[C@H](c2cccc(CCOCC)c2)C[C@H]3CN[C@H](O)CC)cccc1NC(N)=NC. The number of carbonyl (C=O) groups is 1. The van der Waals surface area contributed by atoms with E-state index in [2.05, 4.69) is 84.0 Å². The second kappa shape index (κ2) is 30.0. The molecule has 0 fully saturated rings. The molecule has 9 N–H and O–H groups in total. The molecule has 4 heterocycles. The van der Waals surface area contributed by atoms with Crippen molar-refractivity contribution in [2.24, 2.45) is 28.5 Å². The van der Waals surface area contributed by atoms with Gasteiger partial charge in [0.1, 0.15) is 42.3 Å². The number of aliphatic hydroxyl groups is 4. The van der Waals surface area contributed by atoms with Crippen molar-refractivity contribution in [3.05, 3.63) is 158 Å². The minimum Gasteiger partial charge on any atom is -0.508 e. The zero-order chi connectivity index (χ0) is 60.9. The summed E-state index contributed by atoms with van der Waals surface area (Å²) in [5.41, 5.74) is 16.2. The summed E-state index contributed by atoms with van der Waals surface area (Å²) in [4.78, 5) is 18.7. The number of fused-ring (bicyclic) bond motifs is 8. The number of rotatable bonds is 21. The summed E-state index contributed by atoms with van der Waals surface area (Å²) in [6, 6.07) is 24.0. The molecule has 10 bridgehead atoms. The maximum atomic E-state index is 14.5. The van der Waals surface area contributed by atoms with E-state index < -0.39 is 36.4 Å². The Morgan fingerprint density at radius 2 is 1.76 bits per heavy atom. The number of aliphatic imine (C=N–C) groups is 1. The van der Waals surface area contributed by atoms with E-state index in [0.717, 1.165) is 95.8 Å². The highest BCUT2D eigenvalue weighted by Gasteiger charge is 2.38. The predicted molar refractivity (Wildman–Crippen MR) is 341 cm³/mol. The second-order valence-corrected chi connectivity index (χ2v) is 23.9. The Labute approximate surface area is 508 Å². The van der Waals surface area contributed by atoms with Gasteiger partial charge < -0.3 is 55.5 Å². The third-order valence-electron chi connectivity index (χ3n) is 18.2. The fourth-order valence-corrected chi connectivity index (χ4v) is 13.4. The van der Waals surface area contributed by atoms with Gasteiger partial charge >= 0.3 is 0 Å². The average Bonchev–Trinajstić information content (AvgIpc) is 0.810. The minimum atomic E-state index is -1.94. The topological polar surface area (TPSA) is 218 Å². The number of Topliss-reactive ketones (excluding diaryl/α,β-unsaturated/α-hetero) is 1. The van der Waals surface area contributed by atoms with Gasteiger partial charge in [-0.15, -0.1) is 0 Å². The lowest BCUT2D eigenvalue weighted by atomic mass is 9.70. The highest BCUT2D eigenvalue weighted by Crippen LogP contribution is 2.51. The van der Waals surface area contributed by atoms with Gasteiger partial charge in [-0.2, -0.15) is 0 Å². The molecular weight excluding hydrogens is 1080 g/mol. The number of nitrogens with one attached hydrogen (secondary N) is 2. The first-order valence-corrected chi connectivity index (χ1v) is 31.4. The van der Waals surface area contributed by atoms with Crippen LogP contribution in [0.25, 0.3) is 16.8 Å². The Hall–Kier alpha value is -7.12. The molecule has 0 saturated carbocycles. The first kappa shape index (κ1) is 63.4. The number of carbonyl (C=O) groups excluding carboxylic acids is 1. The van der Waals surface area contributed by atoms with Gasteiger partial charge in [0.15, 0.2) is 23.7 Å². The number of ether oxygens (including phenoxy) is 4. The monoisotopic (exact) mass is 1170 g/mol. The Balaban J connectivity index is 1.22. The maximum absolute atomic E-state index is 14.5. The number of aryl methyl sites for hydroxylation is 2. The van der Waals surface area contributed by atoms with Gasteiger partial charge in [0.25, 0.3) is 0 Å². The largest absolute Gasteiger partial charge is 0.508 e. The molecule has 0 aromatic heterocycles. The minimum absolute atomic E-state index is 0.00976. The molecular formula is C72H90N4O10. The molecule has 0 saturated heterocycles. The number of phenolic OH excluding ortho intramolecular Hbond substituents is 1. The van der Waals surface area contributed by atoms with E-state index in [1.807, 2.05) is 62.4 Å². The summed E-state index contributed by atoms with van der Waals surface area (Å²) in [7, 11) is 3.25. The van der Waals surface area contributed by atoms with Gasteiger partial charge in [-0.25, -0.2) is 0 Å². The van der Waals surface area contributed by atoms with Crippen LogP contribution < -0.4 is 25.8 Å². The molecule has 11 rings (SSSR count). The van der Waals surface area contributed by atoms with Crippen molar-refractivity contribution < 1.29 is 49.3 Å². The zero-order valence-electron chi connectivity index (χ0n) is 51.2. The third-order valence-corrected chi connectivity index (χ3v) is 18.2. The summed E-state index contributed by atoms with van der Waals surface area (Å²) in [6.45, 7) is 9.53. The quantitative estimate of drug-likeness (QED) is 0.0113. The predicted octanol–water partition coefficient (Wildman–Crippen LogP) is 12.8. The molecule has 458 valence electrons. The number of guanidine groups is 1. The van der Waals surface area contributed by atoms with Crippen LogP contribution in [0.15, 0.2) is 107 Å². The summed E-state index contributed by atoms with van der Waals surface area (Å²) in [6.07, 6.45) is 18.3. The summed E-state index contributed by atoms with van der Waals surface area (Å²) in [5.74, 6) is 2.85. The van der Waals surface area contributed by atoms with Crippen LogP contribution in [-0.4, -0.2) is 83.5 Å². The number of allylic oxidation sites excluding steroid dienone is 4. The number of unbranched alkanes of at least 4 members (excludes halogenated alkanes) is 3. The van der Waals surface area contributed by atoms with Crippen LogP contribution in [0.4, 0.5) is 5.69 Å². The lowest BCUT2D eigenvalue weighted by Gasteiger charge is -2.35. The van der Waals surface area contributed by atoms with E-state index in [0.29, 0.717) is 85.8 Å². The van der Waals surface area contributed by atoms with Crippen LogP contribution in [0.2, 0.25) is 0 Å². The van der Waals surface area contributed by atoms with Crippen LogP contribution in [0.1, 0.15) is 178 Å². The van der Waals surface area contributed by atoms with Crippen molar-refractivity contribution in [1.82, 2.24) is 5.32 Å². The number of nitrogens with two attached hydrogens (primary N) is 1. The molecule has 0 radical (unpaired) electrons. The zero-order valence-corrected chi connectivity index (χ0v) is 51.2. The summed E-state index contributed by atoms with van der Waals surface area (Å²) >= 11 is 0. The van der Waals surface area contributed by atoms with Gasteiger partial charge in [0.2, 0.25) is 0 Å². The average molecular weight is 1170 g/mol. The standard InChI is InChI=1S/C72H90N4O10/c1-7-10-11-21-54-47(19-15-22-63(54)76-72(73)74-5)17-12-13-18-48-36-59-51(42-75-68(80)8-2)37-58(49-20-14-16-45(33-49)29-31-84-9-3)56-30-32-85-53(35-50(48)38-64(59)78)39-52(77)26-24-46-25-28-66(83-6)67(34-46)86-43-62-55-27-23-44(4)57-41-65(79)70(56)61(69(55)57)40-60(62)71(81)82/h14-16,19-20,22-23,25,27-28,33-34,36,38,40-41,44,48,50-51,53,56,58,68,71,75,78-82H,7-13,17-18,21,24,26,29,31,35,37,39,42-43H2,1-6H3,(H3,73,74,76)/t44-,48+,50-,51+,53+,56+,58+,68-/m1/s1. The Morgan fingerprint density at radius 1 is 0.930 bits per heavy atom. The van der Waals surface area contributed by atoms with Gasteiger partial charge in [0, 0.05) is 73.2 Å². The molecule has 4 aliphatic heterocycles. The molecule has 0 spiro atoms. The van der Waals surface area contributed by atoms with Crippen LogP contribution >= 0.6 is 0 Å². The molecule has 0 unspecified atom stereocenters. The van der Waals surface area contributed by atoms with E-state index in [9.17, 15) is 30.3 Å². The van der Waals surface area contributed by atoms with Crippen molar-refractivity contribution in [3.8, 4) is 29.3 Å². The van der Waals surface area contributed by atoms with E-state index >= 15 is 0 Å². The van der Waals surface area contributed by atoms with E-state index in [1.165, 1.54) is 11.1 Å². The second-order valence-electron chi connectivity index (χ2n) is 23.9. The number of aromatic hydroxyl groups is 1. The smallest absolute Gasteiger partial charge is 0.192 e. The number of ketones is 1. The van der Waals surface area contributed by atoms with E-state index in [-0.39, 0.29) is 60.1 Å². The molecule has 6 aliphatic rings. The van der Waals surface area contributed by atoms with E-state index in [1.54, 1.807) is 20.2 Å². The highest BCUT2D eigenvalue weighted by atomic mass is 16.5. The number of methoxy groups -OCH3 is 1. The molecule has 8 atom stereocenters. The molecule has 14 heteroatoms. The van der Waals surface area contributed by atoms with Crippen LogP contribution in [0, 0.1) is 29.8 Å². The van der Waals surface area contributed by atoms with Crippen molar-refractivity contribution in [3.63, 3.8) is 0 Å². The lowest BCUT2D eigenvalue weighted by molar-refractivity contribution is -0.121. The Bertz CT molecular complexity index is 3370. The number of anilines is 1. The van der Waals surface area contributed by atoms with Gasteiger partial charge in [-0.05, 0) is 175 Å². The Morgan fingerprint density at radius 3 is 2.53 bits per heavy atom. The maximum Gasteiger partial charge on any atom is 0.192 e. The molecule has 5 aromatic carbocycles. The van der Waals surface area contributed by atoms with Crippen LogP contribution in [-0.2, 0) is 46.6 Å². The molecule has 5 aromatic rings. The van der Waals surface area contributed by atoms with Gasteiger partial charge in [0.05, 0.1) is 19.6 Å². The Kier molecular flexibility index (Phi) is 22.1. The number of nitrogens with zero attached hydrogens (tertiary/aromatic N) is 1. The van der Waals surface area contributed by atoms with Crippen molar-refractivity contribution in [2.45, 2.75) is 167 Å². The van der Waals surface area contributed by atoms with Crippen molar-refractivity contribution in [2.75, 3.05) is 39.2 Å². The number of hydrogen-bond donors (Lipinski definition) is 8. The molecule has 0 amide bonds. The first-order valence-electron chi connectivity index (χ1n) is 31.4. The number of hydrogen-bond acceptors (Lipinski definition) is 12. The number of phenols is 1. The number of benzene rings is 5. The van der Waals surface area contributed by atoms with E-state index in [4.69, 9.17) is 24.7 Å². The van der Waals surface area contributed by atoms with Gasteiger partial charge in [-0.3, -0.25) is 15.1 Å². The first-order chi connectivity index (χ1) is 41.7. The third kappa shape index (κ3) is 15.2. The van der Waals surface area contributed by atoms with Crippen molar-refractivity contribution >= 4 is 34.3 Å². The molecule has 2 aliphatic carbocycles. The highest BCUT2D eigenvalue weighted by molar-refractivity contribution is 6.01. The lowest BCUT2D eigenvalue weighted by Crippen LogP contribution is -2.35.